The van der Waals surface area contributed by atoms with E-state index >= 15 is 0 Å². The van der Waals surface area contributed by atoms with E-state index in [1.807, 2.05) is 31.6 Å². The van der Waals surface area contributed by atoms with Crippen LogP contribution in [0.2, 0.25) is 0 Å². The minimum atomic E-state index is -2.37. The van der Waals surface area contributed by atoms with E-state index in [0.29, 0.717) is 6.04 Å². The van der Waals surface area contributed by atoms with Gasteiger partial charge in [-0.15, -0.1) is 0 Å². The number of likely N-dealkylation sites (tertiary alicyclic amines) is 1. The summed E-state index contributed by atoms with van der Waals surface area (Å²) < 4.78 is 25.5. The highest BCUT2D eigenvalue weighted by Gasteiger charge is 2.54. The smallest absolute Gasteiger partial charge is 0.237 e. The third-order valence-corrected chi connectivity index (χ3v) is 10.3. The van der Waals surface area contributed by atoms with Crippen LogP contribution in [-0.4, -0.2) is 68.8 Å². The number of carbonyl (C=O) groups excluding carboxylic acids is 1. The lowest BCUT2D eigenvalue weighted by molar-refractivity contribution is -0.125. The van der Waals surface area contributed by atoms with Gasteiger partial charge in [0.2, 0.25) is 5.91 Å². The molecule has 1 spiro atoms. The Labute approximate surface area is 243 Å². The van der Waals surface area contributed by atoms with Crippen molar-refractivity contribution in [2.75, 3.05) is 43.0 Å². The van der Waals surface area contributed by atoms with E-state index in [4.69, 9.17) is 4.98 Å². The van der Waals surface area contributed by atoms with Crippen molar-refractivity contribution >= 4 is 39.6 Å². The number of fused-ring (bicyclic) bond motifs is 4. The first-order valence-electron chi connectivity index (χ1n) is 15.0. The molecule has 3 fully saturated rings. The molecular weight excluding hydrogens is 536 g/mol. The molecule has 2 saturated heterocycles. The molecule has 9 nitrogen and oxygen atoms in total. The second-order valence-electron chi connectivity index (χ2n) is 12.1. The number of anilines is 2. The summed E-state index contributed by atoms with van der Waals surface area (Å²) in [6.07, 6.45) is 12.7. The van der Waals surface area contributed by atoms with Crippen LogP contribution in [0.25, 0.3) is 22.0 Å². The van der Waals surface area contributed by atoms with E-state index in [-0.39, 0.29) is 12.5 Å². The van der Waals surface area contributed by atoms with Crippen LogP contribution in [0.15, 0.2) is 36.7 Å². The third-order valence-electron chi connectivity index (χ3n) is 9.94. The van der Waals surface area contributed by atoms with Crippen molar-refractivity contribution in [1.82, 2.24) is 19.6 Å². The molecule has 1 N–H and O–H groups in total. The van der Waals surface area contributed by atoms with Crippen molar-refractivity contribution in [3.63, 3.8) is 0 Å². The van der Waals surface area contributed by atoms with Gasteiger partial charge in [0.1, 0.15) is 5.82 Å². The highest BCUT2D eigenvalue weighted by Crippen LogP contribution is 2.55. The fourth-order valence-electron chi connectivity index (χ4n) is 7.59. The first-order chi connectivity index (χ1) is 19.9. The molecule has 4 aliphatic rings. The van der Waals surface area contributed by atoms with Gasteiger partial charge in [-0.05, 0) is 75.4 Å². The molecule has 41 heavy (non-hydrogen) atoms. The summed E-state index contributed by atoms with van der Waals surface area (Å²) in [5.74, 6) is 1.03. The second-order valence-corrected chi connectivity index (χ2v) is 12.9. The van der Waals surface area contributed by atoms with Crippen LogP contribution in [0, 0.1) is 0 Å². The van der Waals surface area contributed by atoms with Gasteiger partial charge in [-0.2, -0.15) is 0 Å². The maximum absolute atomic E-state index is 13.3. The van der Waals surface area contributed by atoms with Crippen molar-refractivity contribution in [2.24, 2.45) is 0 Å². The third kappa shape index (κ3) is 4.65. The lowest BCUT2D eigenvalue weighted by atomic mass is 9.64. The SMILES string of the molecule is CN1C(=O)C2(CCC2)c2c1cnc1ccc(-c3cnc(N4CCC(N5CCCCC5)CC4)c(CNS(=O)[O-])c3)cc21. The van der Waals surface area contributed by atoms with Gasteiger partial charge in [0.05, 0.1) is 22.8 Å². The minimum absolute atomic E-state index is 0.174. The highest BCUT2D eigenvalue weighted by atomic mass is 32.2. The lowest BCUT2D eigenvalue weighted by Crippen LogP contribution is -2.47. The van der Waals surface area contributed by atoms with Gasteiger partial charge < -0.3 is 19.3 Å². The van der Waals surface area contributed by atoms with Crippen molar-refractivity contribution in [2.45, 2.75) is 69.4 Å². The van der Waals surface area contributed by atoms with Crippen molar-refractivity contribution in [3.8, 4) is 11.1 Å². The Morgan fingerprint density at radius 1 is 1.00 bits per heavy atom. The molecule has 3 aromatic rings. The number of rotatable bonds is 6. The Morgan fingerprint density at radius 2 is 1.78 bits per heavy atom. The van der Waals surface area contributed by atoms with E-state index in [1.165, 1.54) is 32.4 Å². The monoisotopic (exact) mass is 573 g/mol. The molecule has 2 aromatic heterocycles. The normalized spacial score (nSPS) is 21.9. The summed E-state index contributed by atoms with van der Waals surface area (Å²) in [4.78, 5) is 29.6. The average Bonchev–Trinajstić information content (AvgIpc) is 3.23. The van der Waals surface area contributed by atoms with Gasteiger partial charge in [-0.3, -0.25) is 14.0 Å². The van der Waals surface area contributed by atoms with Gasteiger partial charge in [0.15, 0.2) is 0 Å². The maximum atomic E-state index is 13.3. The zero-order valence-electron chi connectivity index (χ0n) is 23.6. The Morgan fingerprint density at radius 3 is 2.49 bits per heavy atom. The highest BCUT2D eigenvalue weighted by molar-refractivity contribution is 7.77. The summed E-state index contributed by atoms with van der Waals surface area (Å²) in [6, 6.07) is 8.88. The maximum Gasteiger partial charge on any atom is 0.237 e. The molecule has 1 unspecified atom stereocenters. The molecule has 1 aliphatic carbocycles. The number of carbonyl (C=O) groups is 1. The molecule has 0 bridgehead atoms. The van der Waals surface area contributed by atoms with Crippen molar-refractivity contribution in [3.05, 3.63) is 47.8 Å². The van der Waals surface area contributed by atoms with E-state index < -0.39 is 16.7 Å². The van der Waals surface area contributed by atoms with Crippen molar-refractivity contribution in [1.29, 1.82) is 0 Å². The predicted molar refractivity (Wildman–Crippen MR) is 160 cm³/mol. The Balaban J connectivity index is 1.21. The van der Waals surface area contributed by atoms with Gasteiger partial charge >= 0.3 is 0 Å². The number of hydrogen-bond donors (Lipinski definition) is 1. The molecule has 1 atom stereocenters. The van der Waals surface area contributed by atoms with Crippen LogP contribution in [0.3, 0.4) is 0 Å². The van der Waals surface area contributed by atoms with E-state index in [1.54, 1.807) is 4.90 Å². The molecular formula is C31H37N6O3S-. The van der Waals surface area contributed by atoms with E-state index in [0.717, 1.165) is 89.9 Å². The standard InChI is InChI=1S/C31H38N6O3S/c1-35-27-20-32-26-7-6-21(17-25(26)28(27)31(30(35)38)10-5-11-31)22-16-23(19-34-41(39)40)29(33-18-22)37-14-8-24(9-15-37)36-12-3-2-4-13-36/h6-7,16-18,20,24,34H,2-5,8-15,19H2,1H3,(H,39,40)/p-1. The Hall–Kier alpha value is -2.92. The quantitative estimate of drug-likeness (QED) is 0.444. The molecule has 1 saturated carbocycles. The number of amides is 1. The zero-order chi connectivity index (χ0) is 28.1. The number of nitrogens with one attached hydrogen (secondary N) is 1. The number of benzene rings is 1. The fraction of sp³-hybridized carbons (Fsp3) is 0.516. The zero-order valence-corrected chi connectivity index (χ0v) is 24.4. The van der Waals surface area contributed by atoms with Gasteiger partial charge in [-0.25, -0.2) is 9.71 Å². The molecule has 5 heterocycles. The molecule has 3 aliphatic heterocycles. The van der Waals surface area contributed by atoms with E-state index in [9.17, 15) is 13.6 Å². The van der Waals surface area contributed by atoms with Crippen LogP contribution in [0.1, 0.15) is 62.5 Å². The first-order valence-corrected chi connectivity index (χ1v) is 16.0. The van der Waals surface area contributed by atoms with Crippen molar-refractivity contribution < 1.29 is 13.6 Å². The number of hydrogen-bond acceptors (Lipinski definition) is 7. The number of aromatic nitrogens is 2. The number of likely N-dealkylation sites (N-methyl/N-ethyl adjacent to an activating group) is 1. The summed E-state index contributed by atoms with van der Waals surface area (Å²) in [6.45, 7) is 4.43. The number of nitrogens with zero attached hydrogens (tertiary/aromatic N) is 5. The van der Waals surface area contributed by atoms with Crippen LogP contribution in [0.4, 0.5) is 11.5 Å². The largest absolute Gasteiger partial charge is 0.760 e. The van der Waals surface area contributed by atoms with Crippen LogP contribution >= 0.6 is 0 Å². The molecule has 0 radical (unpaired) electrons. The lowest BCUT2D eigenvalue weighted by Gasteiger charge is -2.41. The fourth-order valence-corrected chi connectivity index (χ4v) is 7.86. The first kappa shape index (κ1) is 26.9. The number of piperidine rings is 2. The van der Waals surface area contributed by atoms with Crippen LogP contribution in [0.5, 0.6) is 0 Å². The average molecular weight is 574 g/mol. The summed E-state index contributed by atoms with van der Waals surface area (Å²) in [5.41, 5.74) is 5.23. The molecule has 1 amide bonds. The van der Waals surface area contributed by atoms with Crippen LogP contribution in [-0.2, 0) is 28.0 Å². The van der Waals surface area contributed by atoms with Gasteiger partial charge in [0.25, 0.3) is 0 Å². The summed E-state index contributed by atoms with van der Waals surface area (Å²) >= 11 is -2.37. The number of pyridine rings is 2. The van der Waals surface area contributed by atoms with Crippen LogP contribution < -0.4 is 14.5 Å². The summed E-state index contributed by atoms with van der Waals surface area (Å²) in [5, 5.41) is 1.02. The molecule has 216 valence electrons. The minimum Gasteiger partial charge on any atom is -0.760 e. The Bertz CT molecular complexity index is 1510. The molecule has 7 rings (SSSR count). The Kier molecular flexibility index (Phi) is 7.05. The van der Waals surface area contributed by atoms with E-state index in [2.05, 4.69) is 31.6 Å². The topological polar surface area (TPSA) is 105 Å². The van der Waals surface area contributed by atoms with Gasteiger partial charge in [0, 0.05) is 72.3 Å². The van der Waals surface area contributed by atoms with Gasteiger partial charge in [-0.1, -0.05) is 18.9 Å². The second kappa shape index (κ2) is 10.7. The molecule has 10 heteroatoms. The molecule has 1 aromatic carbocycles. The predicted octanol–water partition coefficient (Wildman–Crippen LogP) is 4.03. The summed E-state index contributed by atoms with van der Waals surface area (Å²) in [7, 11) is 1.85.